The van der Waals surface area contributed by atoms with Crippen LogP contribution in [-0.4, -0.2) is 35.8 Å². The van der Waals surface area contributed by atoms with Gasteiger partial charge in [-0.25, -0.2) is 18.4 Å². The van der Waals surface area contributed by atoms with Gasteiger partial charge in [-0.05, 0) is 30.3 Å². The number of carbonyl (C=O) groups is 1. The number of aromatic nitrogens is 2. The summed E-state index contributed by atoms with van der Waals surface area (Å²) >= 11 is 1.13. The Morgan fingerprint density at radius 2 is 1.78 bits per heavy atom. The summed E-state index contributed by atoms with van der Waals surface area (Å²) in [6.07, 6.45) is 3.10. The normalized spacial score (nSPS) is 11.4. The van der Waals surface area contributed by atoms with Crippen molar-refractivity contribution in [2.45, 2.75) is 15.8 Å². The maximum Gasteiger partial charge on any atom is 0.341 e. The van der Waals surface area contributed by atoms with E-state index < -0.39 is 20.5 Å². The van der Waals surface area contributed by atoms with Crippen LogP contribution in [0.2, 0.25) is 0 Å². The van der Waals surface area contributed by atoms with Crippen LogP contribution in [0.15, 0.2) is 52.8 Å². The molecule has 6 nitrogen and oxygen atoms in total. The number of rotatable bonds is 6. The quantitative estimate of drug-likeness (QED) is 0.628. The predicted molar refractivity (Wildman–Crippen MR) is 81.0 cm³/mol. The molecule has 2 rings (SSSR count). The molecule has 0 fully saturated rings. The number of alkyl halides is 2. The van der Waals surface area contributed by atoms with E-state index in [4.69, 9.17) is 0 Å². The average Bonchev–Trinajstić information content (AvgIpc) is 2.54. The number of halogens is 2. The number of anilines is 1. The highest BCUT2D eigenvalue weighted by molar-refractivity contribution is 7.99. The standard InChI is InChI=1S/C13H11F2N3O3S2/c14-12(15)23(20,21)10-4-2-9(3-5-10)18-11(19)8-22-13-16-6-1-7-17-13/h1-7,12H,8H2,(H,18,19). The fourth-order valence-electron chi connectivity index (χ4n) is 1.52. The Morgan fingerprint density at radius 3 is 2.35 bits per heavy atom. The van der Waals surface area contributed by atoms with Crippen molar-refractivity contribution in [2.75, 3.05) is 11.1 Å². The summed E-state index contributed by atoms with van der Waals surface area (Å²) in [5, 5.41) is 2.97. The zero-order valence-corrected chi connectivity index (χ0v) is 13.2. The highest BCUT2D eigenvalue weighted by Gasteiger charge is 2.26. The van der Waals surface area contributed by atoms with Crippen molar-refractivity contribution in [1.82, 2.24) is 9.97 Å². The minimum atomic E-state index is -4.64. The van der Waals surface area contributed by atoms with Crippen molar-refractivity contribution in [2.24, 2.45) is 0 Å². The topological polar surface area (TPSA) is 89.0 Å². The third-order valence-corrected chi connectivity index (χ3v) is 4.85. The number of hydrogen-bond acceptors (Lipinski definition) is 6. The molecule has 0 bridgehead atoms. The lowest BCUT2D eigenvalue weighted by atomic mass is 10.3. The largest absolute Gasteiger partial charge is 0.341 e. The number of carbonyl (C=O) groups excluding carboxylic acids is 1. The molecule has 23 heavy (non-hydrogen) atoms. The van der Waals surface area contributed by atoms with E-state index in [2.05, 4.69) is 15.3 Å². The van der Waals surface area contributed by atoms with Crippen LogP contribution in [0.1, 0.15) is 0 Å². The molecule has 0 unspecified atom stereocenters. The molecule has 0 aliphatic rings. The lowest BCUT2D eigenvalue weighted by Gasteiger charge is -2.06. The molecule has 2 aromatic rings. The molecular formula is C13H11F2N3O3S2. The molecule has 0 atom stereocenters. The zero-order chi connectivity index (χ0) is 16.9. The number of nitrogens with one attached hydrogen (secondary N) is 1. The molecule has 10 heteroatoms. The third-order valence-electron chi connectivity index (χ3n) is 2.58. The molecule has 0 aliphatic carbocycles. The van der Waals surface area contributed by atoms with Crippen molar-refractivity contribution >= 4 is 33.2 Å². The highest BCUT2D eigenvalue weighted by Crippen LogP contribution is 2.20. The number of sulfone groups is 1. The van der Waals surface area contributed by atoms with Gasteiger partial charge in [0.15, 0.2) is 5.16 Å². The second kappa shape index (κ2) is 7.47. The number of nitrogens with zero attached hydrogens (tertiary/aromatic N) is 2. The Balaban J connectivity index is 1.94. The minimum absolute atomic E-state index is 0.0566. The van der Waals surface area contributed by atoms with Crippen LogP contribution in [0.5, 0.6) is 0 Å². The summed E-state index contributed by atoms with van der Waals surface area (Å²) < 4.78 is 47.3. The van der Waals surface area contributed by atoms with Crippen LogP contribution in [-0.2, 0) is 14.6 Å². The van der Waals surface area contributed by atoms with Gasteiger partial charge in [-0.1, -0.05) is 11.8 Å². The molecule has 0 spiro atoms. The van der Waals surface area contributed by atoms with Crippen LogP contribution >= 0.6 is 11.8 Å². The molecule has 1 amide bonds. The number of benzene rings is 1. The number of thioether (sulfide) groups is 1. The van der Waals surface area contributed by atoms with Gasteiger partial charge < -0.3 is 5.32 Å². The Morgan fingerprint density at radius 1 is 1.17 bits per heavy atom. The molecule has 1 heterocycles. The van der Waals surface area contributed by atoms with Crippen molar-refractivity contribution in [3.05, 3.63) is 42.7 Å². The van der Waals surface area contributed by atoms with Gasteiger partial charge in [0.05, 0.1) is 10.6 Å². The summed E-state index contributed by atoms with van der Waals surface area (Å²) in [6, 6.07) is 6.18. The molecule has 122 valence electrons. The maximum atomic E-state index is 12.4. The second-order valence-electron chi connectivity index (χ2n) is 4.20. The van der Waals surface area contributed by atoms with Gasteiger partial charge in [0, 0.05) is 18.1 Å². The Kier molecular flexibility index (Phi) is 5.61. The maximum absolute atomic E-state index is 12.4. The molecule has 0 radical (unpaired) electrons. The van der Waals surface area contributed by atoms with Crippen molar-refractivity contribution < 1.29 is 22.0 Å². The van der Waals surface area contributed by atoms with E-state index in [1.165, 1.54) is 12.1 Å². The number of hydrogen-bond donors (Lipinski definition) is 1. The summed E-state index contributed by atoms with van der Waals surface area (Å²) in [5.41, 5.74) is 0.304. The van der Waals surface area contributed by atoms with E-state index >= 15 is 0 Å². The first kappa shape index (κ1) is 17.3. The molecular weight excluding hydrogens is 348 g/mol. The Bertz CT molecular complexity index is 769. The molecule has 1 aromatic heterocycles. The third kappa shape index (κ3) is 4.70. The van der Waals surface area contributed by atoms with Crippen molar-refractivity contribution in [3.63, 3.8) is 0 Å². The van der Waals surface area contributed by atoms with E-state index in [0.717, 1.165) is 23.9 Å². The molecule has 1 N–H and O–H groups in total. The predicted octanol–water partition coefficient (Wildman–Crippen LogP) is 2.20. The fraction of sp³-hybridized carbons (Fsp3) is 0.154. The van der Waals surface area contributed by atoms with Gasteiger partial charge in [-0.3, -0.25) is 4.79 Å². The summed E-state index contributed by atoms with van der Waals surface area (Å²) in [4.78, 5) is 19.1. The zero-order valence-electron chi connectivity index (χ0n) is 11.5. The van der Waals surface area contributed by atoms with Crippen LogP contribution in [0.25, 0.3) is 0 Å². The van der Waals surface area contributed by atoms with Crippen LogP contribution in [0.4, 0.5) is 14.5 Å². The Hall–Kier alpha value is -2.07. The van der Waals surface area contributed by atoms with Gasteiger partial charge in [-0.15, -0.1) is 0 Å². The summed E-state index contributed by atoms with van der Waals surface area (Å²) in [7, 11) is -4.64. The SMILES string of the molecule is O=C(CSc1ncccn1)Nc1ccc(S(=O)(=O)C(F)F)cc1. The summed E-state index contributed by atoms with van der Waals surface area (Å²) in [6.45, 7) is 0. The minimum Gasteiger partial charge on any atom is -0.325 e. The van der Waals surface area contributed by atoms with Crippen LogP contribution in [0.3, 0.4) is 0 Å². The molecule has 0 saturated carbocycles. The average molecular weight is 359 g/mol. The van der Waals surface area contributed by atoms with E-state index in [9.17, 15) is 22.0 Å². The molecule has 1 aromatic carbocycles. The first-order valence-electron chi connectivity index (χ1n) is 6.21. The van der Waals surface area contributed by atoms with E-state index in [-0.39, 0.29) is 11.7 Å². The van der Waals surface area contributed by atoms with E-state index in [1.807, 2.05) is 0 Å². The molecule has 0 aliphatic heterocycles. The smallest absolute Gasteiger partial charge is 0.325 e. The second-order valence-corrected chi connectivity index (χ2v) is 7.06. The monoisotopic (exact) mass is 359 g/mol. The lowest BCUT2D eigenvalue weighted by molar-refractivity contribution is -0.113. The van der Waals surface area contributed by atoms with Crippen LogP contribution in [0, 0.1) is 0 Å². The number of amides is 1. The summed E-state index contributed by atoms with van der Waals surface area (Å²) in [5.74, 6) is -3.78. The first-order valence-corrected chi connectivity index (χ1v) is 8.74. The van der Waals surface area contributed by atoms with E-state index in [1.54, 1.807) is 18.5 Å². The van der Waals surface area contributed by atoms with Gasteiger partial charge in [0.1, 0.15) is 0 Å². The lowest BCUT2D eigenvalue weighted by Crippen LogP contribution is -2.15. The van der Waals surface area contributed by atoms with Gasteiger partial charge in [-0.2, -0.15) is 8.78 Å². The Labute approximate surface area is 135 Å². The van der Waals surface area contributed by atoms with Gasteiger partial charge in [0.2, 0.25) is 15.7 Å². The fourth-order valence-corrected chi connectivity index (χ4v) is 2.84. The van der Waals surface area contributed by atoms with Crippen molar-refractivity contribution in [1.29, 1.82) is 0 Å². The van der Waals surface area contributed by atoms with E-state index in [0.29, 0.717) is 10.8 Å². The molecule has 0 saturated heterocycles. The van der Waals surface area contributed by atoms with Crippen molar-refractivity contribution in [3.8, 4) is 0 Å². The van der Waals surface area contributed by atoms with Gasteiger partial charge in [0.25, 0.3) is 0 Å². The highest BCUT2D eigenvalue weighted by atomic mass is 32.2. The van der Waals surface area contributed by atoms with Crippen LogP contribution < -0.4 is 5.32 Å². The van der Waals surface area contributed by atoms with Gasteiger partial charge >= 0.3 is 5.76 Å². The first-order chi connectivity index (χ1) is 10.9.